The molecule has 3 aromatic rings. The van der Waals surface area contributed by atoms with Gasteiger partial charge in [-0.1, -0.05) is 72.8 Å². The maximum absolute atomic E-state index is 12.6. The van der Waals surface area contributed by atoms with Crippen LogP contribution in [0.2, 0.25) is 0 Å². The van der Waals surface area contributed by atoms with E-state index in [1.165, 1.54) is 6.92 Å². The van der Waals surface area contributed by atoms with Crippen molar-refractivity contribution in [1.82, 2.24) is 5.32 Å². The molecule has 2 amide bonds. The standard InChI is InChI=1S/C27H28N2O6/c1-19-15-22(13-14-23(19)35-26(32)34-18-21-11-7-4-8-12-21)16-27(2,28)24(30)29-25(31)33-17-20-9-5-3-6-10-20/h3-15H,16-18,28H2,1-2H3,(H,29,30,31)/t27-/m0/s1. The molecule has 0 spiro atoms. The molecule has 0 aromatic heterocycles. The molecule has 0 bridgehead atoms. The summed E-state index contributed by atoms with van der Waals surface area (Å²) in [4.78, 5) is 36.6. The van der Waals surface area contributed by atoms with Crippen molar-refractivity contribution in [3.8, 4) is 5.75 Å². The van der Waals surface area contributed by atoms with Crippen LogP contribution < -0.4 is 15.8 Å². The Kier molecular flexibility index (Phi) is 8.58. The highest BCUT2D eigenvalue weighted by Crippen LogP contribution is 2.22. The van der Waals surface area contributed by atoms with E-state index in [2.05, 4.69) is 5.32 Å². The first-order valence-corrected chi connectivity index (χ1v) is 11.0. The van der Waals surface area contributed by atoms with Crippen LogP contribution in [0, 0.1) is 6.92 Å². The second-order valence-corrected chi connectivity index (χ2v) is 8.34. The molecular weight excluding hydrogens is 448 g/mol. The molecular formula is C27H28N2O6. The number of ether oxygens (including phenoxy) is 3. The normalized spacial score (nSPS) is 12.2. The maximum Gasteiger partial charge on any atom is 0.514 e. The summed E-state index contributed by atoms with van der Waals surface area (Å²) in [6, 6.07) is 23.4. The summed E-state index contributed by atoms with van der Waals surface area (Å²) in [6.07, 6.45) is -1.55. The molecule has 8 nitrogen and oxygen atoms in total. The predicted octanol–water partition coefficient (Wildman–Crippen LogP) is 4.42. The molecule has 0 aliphatic heterocycles. The molecule has 3 aromatic carbocycles. The number of carbonyl (C=O) groups excluding carboxylic acids is 3. The van der Waals surface area contributed by atoms with Crippen molar-refractivity contribution < 1.29 is 28.6 Å². The van der Waals surface area contributed by atoms with Crippen molar-refractivity contribution >= 4 is 18.2 Å². The SMILES string of the molecule is Cc1cc(C[C@](C)(N)C(=O)NC(=O)OCc2ccccc2)ccc1OC(=O)OCc1ccccc1. The van der Waals surface area contributed by atoms with Crippen LogP contribution in [0.25, 0.3) is 0 Å². The molecule has 3 N–H and O–H groups in total. The second-order valence-electron chi connectivity index (χ2n) is 8.34. The molecule has 8 heteroatoms. The average Bonchev–Trinajstić information content (AvgIpc) is 2.84. The van der Waals surface area contributed by atoms with Gasteiger partial charge in [-0.3, -0.25) is 10.1 Å². The van der Waals surface area contributed by atoms with Gasteiger partial charge in [-0.15, -0.1) is 0 Å². The maximum atomic E-state index is 12.6. The molecule has 0 heterocycles. The van der Waals surface area contributed by atoms with Gasteiger partial charge in [0.15, 0.2) is 0 Å². The zero-order valence-electron chi connectivity index (χ0n) is 19.7. The van der Waals surface area contributed by atoms with Crippen LogP contribution in [0.15, 0.2) is 78.9 Å². The third-order valence-electron chi connectivity index (χ3n) is 5.15. The van der Waals surface area contributed by atoms with E-state index in [1.54, 1.807) is 37.3 Å². The number of amides is 2. The Hall–Kier alpha value is -4.17. The number of imide groups is 1. The van der Waals surface area contributed by atoms with Crippen LogP contribution >= 0.6 is 0 Å². The van der Waals surface area contributed by atoms with Crippen molar-refractivity contribution in [3.63, 3.8) is 0 Å². The predicted molar refractivity (Wildman–Crippen MR) is 130 cm³/mol. The van der Waals surface area contributed by atoms with E-state index in [-0.39, 0.29) is 19.6 Å². The lowest BCUT2D eigenvalue weighted by Gasteiger charge is -2.23. The van der Waals surface area contributed by atoms with E-state index in [9.17, 15) is 14.4 Å². The average molecular weight is 477 g/mol. The second kappa shape index (κ2) is 11.8. The first-order chi connectivity index (χ1) is 16.7. The minimum atomic E-state index is -1.38. The number of aryl methyl sites for hydroxylation is 1. The van der Waals surface area contributed by atoms with Crippen LogP contribution in [0.5, 0.6) is 5.75 Å². The van der Waals surface area contributed by atoms with Crippen molar-refractivity contribution in [2.75, 3.05) is 0 Å². The Bertz CT molecular complexity index is 1160. The first kappa shape index (κ1) is 25.5. The summed E-state index contributed by atoms with van der Waals surface area (Å²) in [5.74, 6) is -0.336. The number of benzene rings is 3. The molecule has 35 heavy (non-hydrogen) atoms. The molecule has 0 saturated carbocycles. The van der Waals surface area contributed by atoms with Gasteiger partial charge in [0.1, 0.15) is 19.0 Å². The van der Waals surface area contributed by atoms with Gasteiger partial charge >= 0.3 is 12.2 Å². The van der Waals surface area contributed by atoms with Gasteiger partial charge in [0.2, 0.25) is 5.91 Å². The van der Waals surface area contributed by atoms with Gasteiger partial charge in [0.25, 0.3) is 0 Å². The Morgan fingerprint density at radius 3 is 1.97 bits per heavy atom. The zero-order valence-corrected chi connectivity index (χ0v) is 19.7. The van der Waals surface area contributed by atoms with Crippen molar-refractivity contribution in [2.24, 2.45) is 5.73 Å². The van der Waals surface area contributed by atoms with Crippen molar-refractivity contribution in [2.45, 2.75) is 39.0 Å². The van der Waals surface area contributed by atoms with Crippen LogP contribution in [0.3, 0.4) is 0 Å². The zero-order chi connectivity index (χ0) is 25.3. The fraction of sp³-hybridized carbons (Fsp3) is 0.222. The van der Waals surface area contributed by atoms with Gasteiger partial charge < -0.3 is 19.9 Å². The molecule has 0 fully saturated rings. The number of alkyl carbamates (subject to hydrolysis) is 1. The van der Waals surface area contributed by atoms with Crippen molar-refractivity contribution in [1.29, 1.82) is 0 Å². The molecule has 0 aliphatic rings. The molecule has 0 saturated heterocycles. The molecule has 182 valence electrons. The Morgan fingerprint density at radius 1 is 0.829 bits per heavy atom. The molecule has 0 unspecified atom stereocenters. The van der Waals surface area contributed by atoms with E-state index in [1.807, 2.05) is 48.5 Å². The van der Waals surface area contributed by atoms with Gasteiger partial charge in [-0.2, -0.15) is 0 Å². The number of hydrogen-bond acceptors (Lipinski definition) is 7. The topological polar surface area (TPSA) is 117 Å². The third kappa shape index (κ3) is 7.97. The quantitative estimate of drug-likeness (QED) is 0.365. The summed E-state index contributed by atoms with van der Waals surface area (Å²) < 4.78 is 15.5. The number of carbonyl (C=O) groups is 3. The summed E-state index contributed by atoms with van der Waals surface area (Å²) in [7, 11) is 0. The lowest BCUT2D eigenvalue weighted by molar-refractivity contribution is -0.125. The minimum Gasteiger partial charge on any atom is -0.444 e. The number of nitrogens with one attached hydrogen (secondary N) is 1. The van der Waals surface area contributed by atoms with Gasteiger partial charge in [-0.25, -0.2) is 9.59 Å². The summed E-state index contributed by atoms with van der Waals surface area (Å²) >= 11 is 0. The fourth-order valence-corrected chi connectivity index (χ4v) is 3.27. The number of nitrogens with two attached hydrogens (primary N) is 1. The van der Waals surface area contributed by atoms with Gasteiger partial charge in [0, 0.05) is 0 Å². The van der Waals surface area contributed by atoms with Gasteiger partial charge in [-0.05, 0) is 48.6 Å². The lowest BCUT2D eigenvalue weighted by atomic mass is 9.92. The molecule has 3 rings (SSSR count). The van der Waals surface area contributed by atoms with Crippen LogP contribution in [-0.2, 0) is 33.9 Å². The van der Waals surface area contributed by atoms with E-state index in [0.29, 0.717) is 11.3 Å². The molecule has 1 atom stereocenters. The summed E-state index contributed by atoms with van der Waals surface area (Å²) in [5, 5.41) is 2.18. The Labute approximate surface area is 204 Å². The van der Waals surface area contributed by atoms with Crippen LogP contribution in [0.4, 0.5) is 9.59 Å². The van der Waals surface area contributed by atoms with E-state index < -0.39 is 23.7 Å². The highest BCUT2D eigenvalue weighted by Gasteiger charge is 2.30. The minimum absolute atomic E-state index is 0.0374. The molecule has 0 aliphatic carbocycles. The fourth-order valence-electron chi connectivity index (χ4n) is 3.27. The summed E-state index contributed by atoms with van der Waals surface area (Å²) in [6.45, 7) is 3.42. The largest absolute Gasteiger partial charge is 0.514 e. The van der Waals surface area contributed by atoms with E-state index in [0.717, 1.165) is 16.7 Å². The van der Waals surface area contributed by atoms with E-state index >= 15 is 0 Å². The molecule has 0 radical (unpaired) electrons. The lowest BCUT2D eigenvalue weighted by Crippen LogP contribution is -2.54. The Morgan fingerprint density at radius 2 is 1.40 bits per heavy atom. The highest BCUT2D eigenvalue weighted by atomic mass is 16.7. The Balaban J connectivity index is 1.50. The smallest absolute Gasteiger partial charge is 0.444 e. The third-order valence-corrected chi connectivity index (χ3v) is 5.15. The van der Waals surface area contributed by atoms with Gasteiger partial charge in [0.05, 0.1) is 5.54 Å². The summed E-state index contributed by atoms with van der Waals surface area (Å²) in [5.41, 5.74) is 7.84. The first-order valence-electron chi connectivity index (χ1n) is 11.0. The van der Waals surface area contributed by atoms with E-state index in [4.69, 9.17) is 19.9 Å². The van der Waals surface area contributed by atoms with Crippen LogP contribution in [-0.4, -0.2) is 23.7 Å². The number of hydrogen-bond donors (Lipinski definition) is 2. The van der Waals surface area contributed by atoms with Crippen LogP contribution in [0.1, 0.15) is 29.2 Å². The number of rotatable bonds is 8. The monoisotopic (exact) mass is 476 g/mol. The highest BCUT2D eigenvalue weighted by molar-refractivity contribution is 5.97. The van der Waals surface area contributed by atoms with Crippen molar-refractivity contribution in [3.05, 3.63) is 101 Å².